The smallest absolute Gasteiger partial charge is 0.169 e. The molecule has 3 heteroatoms. The fraction of sp³-hybridized carbons (Fsp3) is 0.562. The van der Waals surface area contributed by atoms with Crippen LogP contribution in [0.2, 0.25) is 0 Å². The van der Waals surface area contributed by atoms with Crippen LogP contribution >= 0.6 is 12.2 Å². The molecule has 0 aromatic heterocycles. The van der Waals surface area contributed by atoms with E-state index in [9.17, 15) is 0 Å². The Labute approximate surface area is 122 Å². The van der Waals surface area contributed by atoms with Crippen LogP contribution in [0.25, 0.3) is 0 Å². The van der Waals surface area contributed by atoms with E-state index >= 15 is 0 Å². The third-order valence-electron chi connectivity index (χ3n) is 4.12. The summed E-state index contributed by atoms with van der Waals surface area (Å²) < 4.78 is 0. The van der Waals surface area contributed by atoms with Crippen LogP contribution in [0.4, 0.5) is 0 Å². The van der Waals surface area contributed by atoms with Crippen LogP contribution in [-0.2, 0) is 0 Å². The molecule has 2 nitrogen and oxygen atoms in total. The first kappa shape index (κ1) is 14.3. The van der Waals surface area contributed by atoms with Gasteiger partial charge in [-0.15, -0.1) is 0 Å². The van der Waals surface area contributed by atoms with Crippen LogP contribution in [0.15, 0.2) is 30.3 Å². The van der Waals surface area contributed by atoms with Gasteiger partial charge in [0.2, 0.25) is 0 Å². The summed E-state index contributed by atoms with van der Waals surface area (Å²) in [5, 5.41) is 4.40. The van der Waals surface area contributed by atoms with Crippen molar-refractivity contribution in [1.82, 2.24) is 10.2 Å². The van der Waals surface area contributed by atoms with E-state index in [1.54, 1.807) is 0 Å². The van der Waals surface area contributed by atoms with Crippen molar-refractivity contribution in [2.24, 2.45) is 0 Å². The van der Waals surface area contributed by atoms with Crippen molar-refractivity contribution < 1.29 is 0 Å². The number of nitrogens with zero attached hydrogens (tertiary/aromatic N) is 1. The maximum atomic E-state index is 5.55. The second kappa shape index (κ2) is 6.90. The van der Waals surface area contributed by atoms with E-state index in [2.05, 4.69) is 54.5 Å². The largest absolute Gasteiger partial charge is 0.360 e. The molecule has 0 saturated heterocycles. The van der Waals surface area contributed by atoms with E-state index in [1.807, 2.05) is 0 Å². The minimum Gasteiger partial charge on any atom is -0.360 e. The third kappa shape index (κ3) is 3.93. The van der Waals surface area contributed by atoms with Crippen molar-refractivity contribution in [2.45, 2.75) is 51.1 Å². The Hall–Kier alpha value is -1.09. The topological polar surface area (TPSA) is 15.3 Å². The molecule has 1 aromatic carbocycles. The molecule has 1 aliphatic rings. The van der Waals surface area contributed by atoms with Crippen molar-refractivity contribution in [3.05, 3.63) is 35.9 Å². The lowest BCUT2D eigenvalue weighted by molar-refractivity contribution is 0.362. The van der Waals surface area contributed by atoms with Gasteiger partial charge in [-0.1, -0.05) is 49.6 Å². The molecule has 0 heterocycles. The number of thiocarbonyl (C=S) groups is 1. The molecule has 1 aromatic rings. The fourth-order valence-corrected chi connectivity index (χ4v) is 2.98. The van der Waals surface area contributed by atoms with Crippen molar-refractivity contribution in [2.75, 3.05) is 7.05 Å². The average Bonchev–Trinajstić information content (AvgIpc) is 2.47. The summed E-state index contributed by atoms with van der Waals surface area (Å²) >= 11 is 5.55. The first-order valence-electron chi connectivity index (χ1n) is 7.27. The first-order valence-corrected chi connectivity index (χ1v) is 7.67. The molecule has 0 spiro atoms. The second-order valence-corrected chi connectivity index (χ2v) is 5.87. The predicted octanol–water partition coefficient (Wildman–Crippen LogP) is 3.89. The quantitative estimate of drug-likeness (QED) is 0.843. The normalized spacial score (nSPS) is 17.8. The summed E-state index contributed by atoms with van der Waals surface area (Å²) in [7, 11) is 2.08. The van der Waals surface area contributed by atoms with Crippen LogP contribution < -0.4 is 5.32 Å². The molecular formula is C16H24N2S. The Kier molecular flexibility index (Phi) is 5.20. The Bertz CT molecular complexity index is 398. The summed E-state index contributed by atoms with van der Waals surface area (Å²) in [6, 6.07) is 11.4. The lowest BCUT2D eigenvalue weighted by atomic mass is 9.96. The van der Waals surface area contributed by atoms with Crippen LogP contribution in [0.5, 0.6) is 0 Å². The van der Waals surface area contributed by atoms with E-state index in [0.717, 1.165) is 5.11 Å². The van der Waals surface area contributed by atoms with Gasteiger partial charge in [0.15, 0.2) is 5.11 Å². The molecule has 1 fully saturated rings. The highest BCUT2D eigenvalue weighted by molar-refractivity contribution is 7.80. The van der Waals surface area contributed by atoms with Crippen LogP contribution in [-0.4, -0.2) is 23.1 Å². The van der Waals surface area contributed by atoms with Crippen molar-refractivity contribution >= 4 is 17.3 Å². The SMILES string of the molecule is C[C@H](c1ccccc1)N(C)C(=S)NC1CCCCC1. The molecule has 1 atom stereocenters. The van der Waals surface area contributed by atoms with Crippen LogP contribution in [0.3, 0.4) is 0 Å². The number of hydrogen-bond donors (Lipinski definition) is 1. The van der Waals surface area contributed by atoms with Gasteiger partial charge in [-0.05, 0) is 37.5 Å². The molecule has 1 saturated carbocycles. The van der Waals surface area contributed by atoms with E-state index in [4.69, 9.17) is 12.2 Å². The van der Waals surface area contributed by atoms with Gasteiger partial charge >= 0.3 is 0 Å². The highest BCUT2D eigenvalue weighted by atomic mass is 32.1. The summed E-state index contributed by atoms with van der Waals surface area (Å²) in [4.78, 5) is 2.17. The van der Waals surface area contributed by atoms with Crippen LogP contribution in [0, 0.1) is 0 Å². The Balaban J connectivity index is 1.91. The number of nitrogens with one attached hydrogen (secondary N) is 1. The van der Waals surface area contributed by atoms with Crippen molar-refractivity contribution in [1.29, 1.82) is 0 Å². The number of rotatable bonds is 3. The highest BCUT2D eigenvalue weighted by Crippen LogP contribution is 2.20. The molecule has 19 heavy (non-hydrogen) atoms. The first-order chi connectivity index (χ1) is 9.18. The Morgan fingerprint density at radius 1 is 1.21 bits per heavy atom. The maximum absolute atomic E-state index is 5.55. The van der Waals surface area contributed by atoms with Crippen molar-refractivity contribution in [3.63, 3.8) is 0 Å². The zero-order chi connectivity index (χ0) is 13.7. The molecule has 0 bridgehead atoms. The molecule has 0 unspecified atom stereocenters. The summed E-state index contributed by atoms with van der Waals surface area (Å²) in [6.07, 6.45) is 6.55. The predicted molar refractivity (Wildman–Crippen MR) is 85.2 cm³/mol. The fourth-order valence-electron chi connectivity index (χ4n) is 2.65. The lowest BCUT2D eigenvalue weighted by Crippen LogP contribution is -2.44. The van der Waals surface area contributed by atoms with Gasteiger partial charge in [0.05, 0.1) is 6.04 Å². The van der Waals surface area contributed by atoms with Gasteiger partial charge in [0, 0.05) is 13.1 Å². The second-order valence-electron chi connectivity index (χ2n) is 5.48. The molecule has 1 N–H and O–H groups in total. The zero-order valence-corrected chi connectivity index (χ0v) is 12.7. The van der Waals surface area contributed by atoms with Gasteiger partial charge < -0.3 is 10.2 Å². The number of hydrogen-bond acceptors (Lipinski definition) is 1. The van der Waals surface area contributed by atoms with Gasteiger partial charge in [0.25, 0.3) is 0 Å². The Morgan fingerprint density at radius 3 is 2.47 bits per heavy atom. The average molecular weight is 276 g/mol. The van der Waals surface area contributed by atoms with Gasteiger partial charge in [-0.3, -0.25) is 0 Å². The van der Waals surface area contributed by atoms with Crippen LogP contribution in [0.1, 0.15) is 50.6 Å². The minimum absolute atomic E-state index is 0.310. The molecule has 0 amide bonds. The molecule has 1 aliphatic carbocycles. The maximum Gasteiger partial charge on any atom is 0.169 e. The van der Waals surface area contributed by atoms with E-state index < -0.39 is 0 Å². The zero-order valence-electron chi connectivity index (χ0n) is 11.9. The van der Waals surface area contributed by atoms with Gasteiger partial charge in [-0.25, -0.2) is 0 Å². The van der Waals surface area contributed by atoms with E-state index in [1.165, 1.54) is 37.7 Å². The minimum atomic E-state index is 0.310. The highest BCUT2D eigenvalue weighted by Gasteiger charge is 2.18. The van der Waals surface area contributed by atoms with E-state index in [0.29, 0.717) is 12.1 Å². The molecule has 2 rings (SSSR count). The summed E-state index contributed by atoms with van der Waals surface area (Å²) in [5.41, 5.74) is 1.30. The third-order valence-corrected chi connectivity index (χ3v) is 4.52. The van der Waals surface area contributed by atoms with Gasteiger partial charge in [-0.2, -0.15) is 0 Å². The van der Waals surface area contributed by atoms with E-state index in [-0.39, 0.29) is 0 Å². The van der Waals surface area contributed by atoms with Gasteiger partial charge in [0.1, 0.15) is 0 Å². The molecule has 0 radical (unpaired) electrons. The molecule has 0 aliphatic heterocycles. The molecular weight excluding hydrogens is 252 g/mol. The lowest BCUT2D eigenvalue weighted by Gasteiger charge is -2.32. The number of benzene rings is 1. The standard InChI is InChI=1S/C16H24N2S/c1-13(14-9-5-3-6-10-14)18(2)16(19)17-15-11-7-4-8-12-15/h3,5-6,9-10,13,15H,4,7-8,11-12H2,1-2H3,(H,17,19)/t13-/m1/s1. The monoisotopic (exact) mass is 276 g/mol. The summed E-state index contributed by atoms with van der Waals surface area (Å²) in [6.45, 7) is 2.20. The summed E-state index contributed by atoms with van der Waals surface area (Å²) in [5.74, 6) is 0. The van der Waals surface area contributed by atoms with Crippen molar-refractivity contribution in [3.8, 4) is 0 Å². The Morgan fingerprint density at radius 2 is 1.84 bits per heavy atom. The molecule has 104 valence electrons.